The van der Waals surface area contributed by atoms with Gasteiger partial charge in [0, 0.05) is 45.0 Å². The van der Waals surface area contributed by atoms with E-state index in [4.69, 9.17) is 0 Å². The number of carbonyl (C=O) groups is 2. The van der Waals surface area contributed by atoms with Gasteiger partial charge in [0.15, 0.2) is 0 Å². The lowest BCUT2D eigenvalue weighted by atomic mass is 10.1. The van der Waals surface area contributed by atoms with Crippen molar-refractivity contribution >= 4 is 17.5 Å². The van der Waals surface area contributed by atoms with Gasteiger partial charge in [-0.3, -0.25) is 19.4 Å². The highest BCUT2D eigenvalue weighted by atomic mass is 19.1. The lowest BCUT2D eigenvalue weighted by molar-refractivity contribution is -0.134. The molecule has 0 saturated carbocycles. The van der Waals surface area contributed by atoms with Crippen LogP contribution in [0.25, 0.3) is 0 Å². The largest absolute Gasteiger partial charge is 0.342 e. The van der Waals surface area contributed by atoms with E-state index in [0.29, 0.717) is 12.2 Å². The predicted octanol–water partition coefficient (Wildman–Crippen LogP) is 1.78. The van der Waals surface area contributed by atoms with E-state index in [0.717, 1.165) is 52.1 Å². The van der Waals surface area contributed by atoms with Gasteiger partial charge in [0.25, 0.3) is 0 Å². The maximum Gasteiger partial charge on any atom is 0.241 e. The molecule has 0 aromatic heterocycles. The molecule has 1 aromatic rings. The first-order chi connectivity index (χ1) is 13.0. The number of nitrogens with one attached hydrogen (secondary N) is 1. The second-order valence-corrected chi connectivity index (χ2v) is 7.43. The molecule has 2 amide bonds. The van der Waals surface area contributed by atoms with Crippen molar-refractivity contribution in [2.75, 3.05) is 51.1 Å². The second kappa shape index (κ2) is 9.28. The molecule has 0 radical (unpaired) electrons. The zero-order valence-corrected chi connectivity index (χ0v) is 16.0. The maximum absolute atomic E-state index is 13.0. The van der Waals surface area contributed by atoms with Gasteiger partial charge in [-0.2, -0.15) is 0 Å². The monoisotopic (exact) mass is 376 g/mol. The molecule has 7 heteroatoms. The summed E-state index contributed by atoms with van der Waals surface area (Å²) in [5.41, 5.74) is 0.596. The Hall–Kier alpha value is -1.99. The summed E-state index contributed by atoms with van der Waals surface area (Å²) in [4.78, 5) is 31.1. The van der Waals surface area contributed by atoms with Crippen LogP contribution in [0.1, 0.15) is 26.2 Å². The van der Waals surface area contributed by atoms with E-state index in [2.05, 4.69) is 15.1 Å². The number of carbonyl (C=O) groups excluding carboxylic acids is 2. The SMILES string of the molecule is C[C@H](C(=O)Nc1ccc(F)cc1)N1CCN(CC(=O)N2CCCCC2)CC1. The van der Waals surface area contributed by atoms with Gasteiger partial charge in [0.1, 0.15) is 5.82 Å². The molecule has 2 heterocycles. The molecule has 0 spiro atoms. The van der Waals surface area contributed by atoms with E-state index < -0.39 is 0 Å². The average Bonchev–Trinajstić information content (AvgIpc) is 2.70. The van der Waals surface area contributed by atoms with Crippen LogP contribution in [0.5, 0.6) is 0 Å². The van der Waals surface area contributed by atoms with Gasteiger partial charge >= 0.3 is 0 Å². The Balaban J connectivity index is 1.43. The van der Waals surface area contributed by atoms with Gasteiger partial charge in [0.2, 0.25) is 11.8 Å². The van der Waals surface area contributed by atoms with E-state index >= 15 is 0 Å². The van der Waals surface area contributed by atoms with Crippen molar-refractivity contribution in [3.63, 3.8) is 0 Å². The molecule has 2 saturated heterocycles. The summed E-state index contributed by atoms with van der Waals surface area (Å²) in [6.45, 7) is 7.22. The average molecular weight is 376 g/mol. The second-order valence-electron chi connectivity index (χ2n) is 7.43. The Labute approximate surface area is 160 Å². The highest BCUT2D eigenvalue weighted by Crippen LogP contribution is 2.13. The standard InChI is InChI=1S/C20H29FN4O2/c1-16(20(27)22-18-7-5-17(21)6-8-18)24-13-11-23(12-14-24)15-19(26)25-9-3-2-4-10-25/h5-8,16H,2-4,9-15H2,1H3,(H,22,27)/t16-/m1/s1. The zero-order valence-electron chi connectivity index (χ0n) is 16.0. The fraction of sp³-hybridized carbons (Fsp3) is 0.600. The molecule has 0 aliphatic carbocycles. The molecule has 0 bridgehead atoms. The third kappa shape index (κ3) is 5.49. The Morgan fingerprint density at radius 3 is 2.26 bits per heavy atom. The van der Waals surface area contributed by atoms with Crippen molar-refractivity contribution in [3.05, 3.63) is 30.1 Å². The molecule has 148 valence electrons. The van der Waals surface area contributed by atoms with Crippen molar-refractivity contribution in [1.29, 1.82) is 0 Å². The number of halogens is 1. The number of benzene rings is 1. The molecular weight excluding hydrogens is 347 g/mol. The minimum absolute atomic E-state index is 0.0977. The topological polar surface area (TPSA) is 55.9 Å². The Morgan fingerprint density at radius 1 is 1.00 bits per heavy atom. The fourth-order valence-corrected chi connectivity index (χ4v) is 3.69. The quantitative estimate of drug-likeness (QED) is 0.851. The molecule has 2 aliphatic rings. The summed E-state index contributed by atoms with van der Waals surface area (Å²) in [6, 6.07) is 5.51. The highest BCUT2D eigenvalue weighted by Gasteiger charge is 2.27. The van der Waals surface area contributed by atoms with Crippen molar-refractivity contribution in [3.8, 4) is 0 Å². The minimum Gasteiger partial charge on any atom is -0.342 e. The first kappa shape index (κ1) is 19.8. The minimum atomic E-state index is -0.323. The van der Waals surface area contributed by atoms with E-state index in [1.54, 1.807) is 12.1 Å². The van der Waals surface area contributed by atoms with Gasteiger partial charge in [-0.1, -0.05) is 0 Å². The molecule has 2 aliphatic heterocycles. The van der Waals surface area contributed by atoms with Crippen molar-refractivity contribution in [1.82, 2.24) is 14.7 Å². The zero-order chi connectivity index (χ0) is 19.2. The van der Waals surface area contributed by atoms with Crippen LogP contribution in [0.15, 0.2) is 24.3 Å². The van der Waals surface area contributed by atoms with E-state index in [9.17, 15) is 14.0 Å². The molecule has 0 unspecified atom stereocenters. The number of anilines is 1. The van der Waals surface area contributed by atoms with E-state index in [1.807, 2.05) is 11.8 Å². The van der Waals surface area contributed by atoms with Gasteiger partial charge < -0.3 is 10.2 Å². The van der Waals surface area contributed by atoms with Crippen molar-refractivity contribution in [2.45, 2.75) is 32.2 Å². The first-order valence-corrected chi connectivity index (χ1v) is 9.83. The van der Waals surface area contributed by atoms with Crippen LogP contribution in [0, 0.1) is 5.82 Å². The molecule has 27 heavy (non-hydrogen) atoms. The summed E-state index contributed by atoms with van der Waals surface area (Å²) < 4.78 is 13.0. The van der Waals surface area contributed by atoms with Crippen molar-refractivity contribution < 1.29 is 14.0 Å². The number of amides is 2. The first-order valence-electron chi connectivity index (χ1n) is 9.83. The van der Waals surface area contributed by atoms with Crippen molar-refractivity contribution in [2.24, 2.45) is 0 Å². The van der Waals surface area contributed by atoms with Gasteiger partial charge in [-0.15, -0.1) is 0 Å². The van der Waals surface area contributed by atoms with Crippen LogP contribution in [0.4, 0.5) is 10.1 Å². The molecule has 1 atom stereocenters. The van der Waals surface area contributed by atoms with Crippen LogP contribution >= 0.6 is 0 Å². The number of hydrogen-bond donors (Lipinski definition) is 1. The number of piperazine rings is 1. The summed E-state index contributed by atoms with van der Waals surface area (Å²) >= 11 is 0. The normalized spacial score (nSPS) is 20.3. The number of hydrogen-bond acceptors (Lipinski definition) is 4. The summed E-state index contributed by atoms with van der Waals surface area (Å²) in [5, 5.41) is 2.83. The molecule has 1 N–H and O–H groups in total. The fourth-order valence-electron chi connectivity index (χ4n) is 3.69. The molecular formula is C20H29FN4O2. The maximum atomic E-state index is 13.0. The Morgan fingerprint density at radius 2 is 1.63 bits per heavy atom. The Kier molecular flexibility index (Phi) is 6.79. The van der Waals surface area contributed by atoms with E-state index in [-0.39, 0.29) is 23.7 Å². The van der Waals surface area contributed by atoms with Gasteiger partial charge in [0.05, 0.1) is 12.6 Å². The molecule has 6 nitrogen and oxygen atoms in total. The van der Waals surface area contributed by atoms with Gasteiger partial charge in [-0.25, -0.2) is 4.39 Å². The van der Waals surface area contributed by atoms with Crippen LogP contribution in [0.2, 0.25) is 0 Å². The molecule has 1 aromatic carbocycles. The smallest absolute Gasteiger partial charge is 0.241 e. The van der Waals surface area contributed by atoms with Crippen LogP contribution in [-0.4, -0.2) is 78.4 Å². The Bertz CT molecular complexity index is 638. The molecule has 3 rings (SSSR count). The lowest BCUT2D eigenvalue weighted by Crippen LogP contribution is -2.54. The predicted molar refractivity (Wildman–Crippen MR) is 103 cm³/mol. The number of piperidine rings is 1. The highest BCUT2D eigenvalue weighted by molar-refractivity contribution is 5.94. The molecule has 2 fully saturated rings. The number of nitrogens with zero attached hydrogens (tertiary/aromatic N) is 3. The summed E-state index contributed by atoms with van der Waals surface area (Å²) in [5.74, 6) is -0.194. The van der Waals surface area contributed by atoms with Gasteiger partial charge in [-0.05, 0) is 50.5 Å². The summed E-state index contributed by atoms with van der Waals surface area (Å²) in [6.07, 6.45) is 3.45. The van der Waals surface area contributed by atoms with Crippen LogP contribution in [-0.2, 0) is 9.59 Å². The third-order valence-corrected chi connectivity index (χ3v) is 5.51. The third-order valence-electron chi connectivity index (χ3n) is 5.51. The van der Waals surface area contributed by atoms with Crippen LogP contribution < -0.4 is 5.32 Å². The van der Waals surface area contributed by atoms with Crippen LogP contribution in [0.3, 0.4) is 0 Å². The summed E-state index contributed by atoms with van der Waals surface area (Å²) in [7, 11) is 0. The number of rotatable bonds is 5. The lowest BCUT2D eigenvalue weighted by Gasteiger charge is -2.38. The van der Waals surface area contributed by atoms with E-state index in [1.165, 1.54) is 18.6 Å². The number of likely N-dealkylation sites (tertiary alicyclic amines) is 1.